The summed E-state index contributed by atoms with van der Waals surface area (Å²) >= 11 is 5.58. The van der Waals surface area contributed by atoms with E-state index in [0.29, 0.717) is 22.9 Å². The molecule has 0 spiro atoms. The molecule has 1 unspecified atom stereocenters. The van der Waals surface area contributed by atoms with Crippen LogP contribution in [0.25, 0.3) is 0 Å². The van der Waals surface area contributed by atoms with E-state index in [4.69, 9.17) is 21.9 Å². The molecule has 2 aromatic carbocycles. The minimum atomic E-state index is 0.363. The van der Waals surface area contributed by atoms with Gasteiger partial charge in [-0.1, -0.05) is 25.1 Å². The molecule has 0 amide bonds. The molecule has 3 aromatic rings. The third-order valence-electron chi connectivity index (χ3n) is 5.45. The van der Waals surface area contributed by atoms with Gasteiger partial charge in [0.2, 0.25) is 17.0 Å². The van der Waals surface area contributed by atoms with Crippen molar-refractivity contribution in [2.24, 2.45) is 10.9 Å². The number of aryl methyl sites for hydroxylation is 2. The summed E-state index contributed by atoms with van der Waals surface area (Å²) in [4.78, 5) is 16.0. The number of hydrogen-bond donors (Lipinski definition) is 2. The second-order valence-electron chi connectivity index (χ2n) is 8.60. The van der Waals surface area contributed by atoms with Crippen LogP contribution < -0.4 is 15.4 Å². The number of piperidine rings is 1. The molecular formula is C26H30N6OS. The van der Waals surface area contributed by atoms with E-state index < -0.39 is 0 Å². The van der Waals surface area contributed by atoms with Crippen molar-refractivity contribution in [3.8, 4) is 11.5 Å². The Morgan fingerprint density at radius 1 is 1.00 bits per heavy atom. The highest BCUT2D eigenvalue weighted by Crippen LogP contribution is 2.23. The number of para-hydroxylation sites is 1. The number of aliphatic imine (C=N–C) groups is 1. The zero-order valence-electron chi connectivity index (χ0n) is 19.8. The first kappa shape index (κ1) is 23.6. The molecule has 2 N–H and O–H groups in total. The molecule has 176 valence electrons. The summed E-state index contributed by atoms with van der Waals surface area (Å²) in [5, 5.41) is 6.88. The van der Waals surface area contributed by atoms with E-state index in [1.165, 1.54) is 6.42 Å². The van der Waals surface area contributed by atoms with Crippen LogP contribution in [0, 0.1) is 19.8 Å². The lowest BCUT2D eigenvalue weighted by Gasteiger charge is -2.33. The average Bonchev–Trinajstić information content (AvgIpc) is 2.80. The minimum Gasteiger partial charge on any atom is -0.457 e. The lowest BCUT2D eigenvalue weighted by molar-refractivity contribution is 0.273. The fraction of sp³-hybridized carbons (Fsp3) is 0.308. The summed E-state index contributed by atoms with van der Waals surface area (Å²) < 4.78 is 5.86. The number of nitrogens with one attached hydrogen (secondary N) is 2. The van der Waals surface area contributed by atoms with E-state index in [9.17, 15) is 0 Å². The summed E-state index contributed by atoms with van der Waals surface area (Å²) in [6.07, 6.45) is 2.32. The van der Waals surface area contributed by atoms with Gasteiger partial charge in [0.25, 0.3) is 0 Å². The van der Waals surface area contributed by atoms with Crippen molar-refractivity contribution in [3.05, 3.63) is 72.1 Å². The van der Waals surface area contributed by atoms with E-state index in [0.717, 1.165) is 48.1 Å². The number of anilines is 2. The highest BCUT2D eigenvalue weighted by atomic mass is 32.1. The van der Waals surface area contributed by atoms with E-state index in [1.807, 2.05) is 74.5 Å². The van der Waals surface area contributed by atoms with Crippen molar-refractivity contribution in [2.75, 3.05) is 23.7 Å². The number of guanidine groups is 1. The van der Waals surface area contributed by atoms with E-state index in [1.54, 1.807) is 0 Å². The smallest absolute Gasteiger partial charge is 0.229 e. The topological polar surface area (TPSA) is 74.7 Å². The molecule has 0 aliphatic carbocycles. The maximum atomic E-state index is 5.86. The highest BCUT2D eigenvalue weighted by molar-refractivity contribution is 7.80. The summed E-state index contributed by atoms with van der Waals surface area (Å²) in [6.45, 7) is 7.99. The van der Waals surface area contributed by atoms with Gasteiger partial charge in [-0.25, -0.2) is 9.97 Å². The van der Waals surface area contributed by atoms with Crippen LogP contribution in [0.2, 0.25) is 0 Å². The van der Waals surface area contributed by atoms with Gasteiger partial charge in [-0.3, -0.25) is 5.32 Å². The SMILES string of the molecule is Cc1cc(C)nc(N/C(=N/C(=S)Nc2ccc(Oc3ccccc3)cc2)N2CCCC(C)C2)n1. The first-order valence-corrected chi connectivity index (χ1v) is 11.9. The predicted octanol–water partition coefficient (Wildman–Crippen LogP) is 5.78. The van der Waals surface area contributed by atoms with Gasteiger partial charge in [0, 0.05) is 30.2 Å². The summed E-state index contributed by atoms with van der Waals surface area (Å²) in [6, 6.07) is 19.3. The Hall–Kier alpha value is -3.52. The normalized spacial score (nSPS) is 16.1. The number of likely N-dealkylation sites (tertiary alicyclic amines) is 1. The van der Waals surface area contributed by atoms with Crippen molar-refractivity contribution >= 4 is 34.9 Å². The maximum Gasteiger partial charge on any atom is 0.229 e. The van der Waals surface area contributed by atoms with Crippen LogP contribution in [-0.4, -0.2) is 39.0 Å². The Bertz CT molecular complexity index is 1130. The lowest BCUT2D eigenvalue weighted by Crippen LogP contribution is -2.43. The van der Waals surface area contributed by atoms with Crippen LogP contribution in [0.5, 0.6) is 11.5 Å². The first-order chi connectivity index (χ1) is 16.4. The molecule has 1 atom stereocenters. The number of aromatic nitrogens is 2. The molecule has 4 rings (SSSR count). The van der Waals surface area contributed by atoms with Crippen molar-refractivity contribution in [1.82, 2.24) is 14.9 Å². The first-order valence-electron chi connectivity index (χ1n) is 11.5. The Morgan fingerprint density at radius 2 is 1.68 bits per heavy atom. The van der Waals surface area contributed by atoms with Gasteiger partial charge in [0.15, 0.2) is 0 Å². The quantitative estimate of drug-likeness (QED) is 0.282. The molecule has 1 aliphatic rings. The Morgan fingerprint density at radius 3 is 2.35 bits per heavy atom. The Balaban J connectivity index is 1.48. The summed E-state index contributed by atoms with van der Waals surface area (Å²) in [5.74, 6) is 3.32. The van der Waals surface area contributed by atoms with Crippen LogP contribution in [0.15, 0.2) is 65.7 Å². The Labute approximate surface area is 206 Å². The van der Waals surface area contributed by atoms with Gasteiger partial charge < -0.3 is 15.0 Å². The third-order valence-corrected chi connectivity index (χ3v) is 5.65. The maximum absolute atomic E-state index is 5.86. The molecule has 1 aliphatic heterocycles. The number of hydrogen-bond acceptors (Lipinski definition) is 4. The second kappa shape index (κ2) is 11.1. The fourth-order valence-corrected chi connectivity index (χ4v) is 4.12. The molecule has 34 heavy (non-hydrogen) atoms. The number of thiocarbonyl (C=S) groups is 1. The molecule has 1 aromatic heterocycles. The molecule has 0 radical (unpaired) electrons. The molecule has 0 saturated carbocycles. The minimum absolute atomic E-state index is 0.363. The fourth-order valence-electron chi connectivity index (χ4n) is 3.92. The summed E-state index contributed by atoms with van der Waals surface area (Å²) in [7, 11) is 0. The number of ether oxygens (including phenoxy) is 1. The van der Waals surface area contributed by atoms with Crippen molar-refractivity contribution in [1.29, 1.82) is 0 Å². The van der Waals surface area contributed by atoms with E-state index in [2.05, 4.69) is 32.4 Å². The molecule has 1 fully saturated rings. The van der Waals surface area contributed by atoms with Crippen molar-refractivity contribution < 1.29 is 4.74 Å². The molecule has 2 heterocycles. The number of rotatable bonds is 4. The molecule has 0 bridgehead atoms. The van der Waals surface area contributed by atoms with Crippen LogP contribution in [0.1, 0.15) is 31.2 Å². The molecule has 8 heteroatoms. The molecule has 1 saturated heterocycles. The van der Waals surface area contributed by atoms with E-state index >= 15 is 0 Å². The lowest BCUT2D eigenvalue weighted by atomic mass is 10.0. The van der Waals surface area contributed by atoms with Crippen LogP contribution in [-0.2, 0) is 0 Å². The van der Waals surface area contributed by atoms with Gasteiger partial charge in [-0.15, -0.1) is 0 Å². The Kier molecular flexibility index (Phi) is 7.69. The van der Waals surface area contributed by atoms with Gasteiger partial charge in [-0.05, 0) is 87.3 Å². The standard InChI is InChI=1S/C26H30N6OS/c1-18-8-7-15-32(17-18)25(30-24-27-19(2)16-20(3)28-24)31-26(34)29-21-11-13-23(14-12-21)33-22-9-5-4-6-10-22/h4-6,9-14,16,18H,7-8,15,17H2,1-3H3,(H2,27,28,29,30,31,34). The monoisotopic (exact) mass is 474 g/mol. The zero-order valence-corrected chi connectivity index (χ0v) is 20.6. The van der Waals surface area contributed by atoms with Crippen molar-refractivity contribution in [3.63, 3.8) is 0 Å². The number of benzene rings is 2. The third kappa shape index (κ3) is 6.74. The van der Waals surface area contributed by atoms with Gasteiger partial charge in [0.05, 0.1) is 0 Å². The van der Waals surface area contributed by atoms with Gasteiger partial charge in [0.1, 0.15) is 11.5 Å². The average molecular weight is 475 g/mol. The summed E-state index contributed by atoms with van der Waals surface area (Å²) in [5.41, 5.74) is 2.64. The zero-order chi connectivity index (χ0) is 23.9. The van der Waals surface area contributed by atoms with Gasteiger partial charge >= 0.3 is 0 Å². The molecular weight excluding hydrogens is 444 g/mol. The second-order valence-corrected chi connectivity index (χ2v) is 8.98. The molecule has 7 nitrogen and oxygen atoms in total. The highest BCUT2D eigenvalue weighted by Gasteiger charge is 2.21. The van der Waals surface area contributed by atoms with Crippen LogP contribution >= 0.6 is 12.2 Å². The van der Waals surface area contributed by atoms with Gasteiger partial charge in [-0.2, -0.15) is 4.99 Å². The largest absolute Gasteiger partial charge is 0.457 e. The van der Waals surface area contributed by atoms with Crippen molar-refractivity contribution in [2.45, 2.75) is 33.6 Å². The number of nitrogens with zero attached hydrogens (tertiary/aromatic N) is 4. The van der Waals surface area contributed by atoms with Crippen LogP contribution in [0.4, 0.5) is 11.6 Å². The predicted molar refractivity (Wildman–Crippen MR) is 142 cm³/mol. The van der Waals surface area contributed by atoms with E-state index in [-0.39, 0.29) is 0 Å². The van der Waals surface area contributed by atoms with Crippen LogP contribution in [0.3, 0.4) is 0 Å².